The molecule has 2 heteroatoms. The van der Waals surface area contributed by atoms with Gasteiger partial charge in [0.25, 0.3) is 0 Å². The largest absolute Gasteiger partial charge is 0.324 e. The molecule has 2 nitrogen and oxygen atoms in total. The predicted molar refractivity (Wildman–Crippen MR) is 49.8 cm³/mol. The van der Waals surface area contributed by atoms with Gasteiger partial charge in [-0.2, -0.15) is 0 Å². The van der Waals surface area contributed by atoms with Crippen LogP contribution in [-0.2, 0) is 4.79 Å². The molecule has 1 fully saturated rings. The fourth-order valence-electron chi connectivity index (χ4n) is 1.89. The van der Waals surface area contributed by atoms with Crippen LogP contribution in [0.25, 0.3) is 0 Å². The van der Waals surface area contributed by atoms with Crippen molar-refractivity contribution in [1.29, 1.82) is 0 Å². The molecule has 0 amide bonds. The summed E-state index contributed by atoms with van der Waals surface area (Å²) in [4.78, 5) is 11.3. The summed E-state index contributed by atoms with van der Waals surface area (Å²) in [6, 6.07) is 0. The molecule has 0 spiro atoms. The zero-order valence-corrected chi connectivity index (χ0v) is 8.10. The smallest absolute Gasteiger partial charge is 0.149 e. The Bertz CT molecular complexity index is 165. The summed E-state index contributed by atoms with van der Waals surface area (Å²) < 4.78 is 0. The summed E-state index contributed by atoms with van der Waals surface area (Å²) in [5, 5.41) is 0. The lowest BCUT2D eigenvalue weighted by atomic mass is 9.72. The van der Waals surface area contributed by atoms with Crippen molar-refractivity contribution >= 4 is 5.78 Å². The average Bonchev–Trinajstić information content (AvgIpc) is 2.03. The zero-order valence-electron chi connectivity index (χ0n) is 8.10. The Balaban J connectivity index is 2.41. The molecule has 1 aliphatic rings. The van der Waals surface area contributed by atoms with Crippen LogP contribution in [0, 0.1) is 11.3 Å². The van der Waals surface area contributed by atoms with Gasteiger partial charge < -0.3 is 5.73 Å². The highest BCUT2D eigenvalue weighted by atomic mass is 16.1. The third-order valence-electron chi connectivity index (χ3n) is 3.00. The van der Waals surface area contributed by atoms with Crippen LogP contribution in [0.5, 0.6) is 0 Å². The van der Waals surface area contributed by atoms with E-state index >= 15 is 0 Å². The van der Waals surface area contributed by atoms with E-state index in [1.54, 1.807) is 0 Å². The van der Waals surface area contributed by atoms with E-state index in [4.69, 9.17) is 5.73 Å². The minimum Gasteiger partial charge on any atom is -0.324 e. The van der Waals surface area contributed by atoms with Gasteiger partial charge in [-0.25, -0.2) is 0 Å². The van der Waals surface area contributed by atoms with Gasteiger partial charge in [-0.15, -0.1) is 0 Å². The molecule has 2 N–H and O–H groups in total. The summed E-state index contributed by atoms with van der Waals surface area (Å²) in [6.07, 6.45) is 4.43. The highest BCUT2D eigenvalue weighted by molar-refractivity contribution is 5.82. The number of Topliss-reactive ketones (excluding diaryl/α,β-unsaturated/α-hetero) is 1. The number of ketones is 1. The molecule has 0 heterocycles. The first-order valence-corrected chi connectivity index (χ1v) is 4.78. The molecule has 0 bridgehead atoms. The lowest BCUT2D eigenvalue weighted by Crippen LogP contribution is -2.29. The highest BCUT2D eigenvalue weighted by Gasteiger charge is 2.29. The van der Waals surface area contributed by atoms with Crippen LogP contribution < -0.4 is 5.73 Å². The fraction of sp³-hybridized carbons (Fsp3) is 0.900. The Hall–Kier alpha value is -0.370. The molecule has 0 radical (unpaired) electrons. The third kappa shape index (κ3) is 2.31. The molecule has 0 aromatic rings. The van der Waals surface area contributed by atoms with Gasteiger partial charge in [0, 0.05) is 5.92 Å². The number of hydrogen-bond acceptors (Lipinski definition) is 2. The number of rotatable bonds is 2. The molecule has 0 unspecified atom stereocenters. The van der Waals surface area contributed by atoms with Crippen LogP contribution in [-0.4, -0.2) is 12.3 Å². The molecule has 12 heavy (non-hydrogen) atoms. The molecule has 1 aliphatic carbocycles. The second kappa shape index (κ2) is 3.56. The second-order valence-corrected chi connectivity index (χ2v) is 4.61. The summed E-state index contributed by atoms with van der Waals surface area (Å²) >= 11 is 0. The standard InChI is InChI=1S/C10H19NO/c1-10(2)5-3-8(4-6-10)9(12)7-11/h8H,3-7,11H2,1-2H3. The van der Waals surface area contributed by atoms with Gasteiger partial charge in [0.1, 0.15) is 5.78 Å². The molecule has 0 aromatic carbocycles. The van der Waals surface area contributed by atoms with Crippen LogP contribution in [0.4, 0.5) is 0 Å². The highest BCUT2D eigenvalue weighted by Crippen LogP contribution is 2.37. The van der Waals surface area contributed by atoms with Crippen molar-refractivity contribution < 1.29 is 4.79 Å². The molecule has 0 aromatic heterocycles. The number of nitrogens with two attached hydrogens (primary N) is 1. The van der Waals surface area contributed by atoms with Crippen molar-refractivity contribution in [3.05, 3.63) is 0 Å². The molecule has 70 valence electrons. The Morgan fingerprint density at radius 2 is 1.92 bits per heavy atom. The maximum absolute atomic E-state index is 11.3. The van der Waals surface area contributed by atoms with Crippen LogP contribution in [0.2, 0.25) is 0 Å². The van der Waals surface area contributed by atoms with Crippen LogP contribution in [0.15, 0.2) is 0 Å². The third-order valence-corrected chi connectivity index (χ3v) is 3.00. The van der Waals surface area contributed by atoms with Gasteiger partial charge in [-0.05, 0) is 31.1 Å². The van der Waals surface area contributed by atoms with Gasteiger partial charge in [0.15, 0.2) is 0 Å². The van der Waals surface area contributed by atoms with Gasteiger partial charge in [-0.3, -0.25) is 4.79 Å². The van der Waals surface area contributed by atoms with Gasteiger partial charge in [0.05, 0.1) is 6.54 Å². The Labute approximate surface area is 74.5 Å². The molecule has 1 rings (SSSR count). The van der Waals surface area contributed by atoms with Crippen molar-refractivity contribution in [2.45, 2.75) is 39.5 Å². The maximum Gasteiger partial charge on any atom is 0.149 e. The van der Waals surface area contributed by atoms with Crippen LogP contribution in [0.1, 0.15) is 39.5 Å². The first-order chi connectivity index (χ1) is 5.55. The van der Waals surface area contributed by atoms with Gasteiger partial charge >= 0.3 is 0 Å². The topological polar surface area (TPSA) is 43.1 Å². The molecular weight excluding hydrogens is 150 g/mol. The van der Waals surface area contributed by atoms with E-state index < -0.39 is 0 Å². The quantitative estimate of drug-likeness (QED) is 0.684. The van der Waals surface area contributed by atoms with E-state index in [0.717, 1.165) is 12.8 Å². The monoisotopic (exact) mass is 169 g/mol. The first-order valence-electron chi connectivity index (χ1n) is 4.78. The van der Waals surface area contributed by atoms with E-state index in [2.05, 4.69) is 13.8 Å². The van der Waals surface area contributed by atoms with E-state index in [1.807, 2.05) is 0 Å². The molecule has 1 saturated carbocycles. The SMILES string of the molecule is CC1(C)CCC(C(=O)CN)CC1. The number of hydrogen-bond donors (Lipinski definition) is 1. The van der Waals surface area contributed by atoms with Crippen molar-refractivity contribution in [2.75, 3.05) is 6.54 Å². The lowest BCUT2D eigenvalue weighted by molar-refractivity contribution is -0.123. The molecule has 0 atom stereocenters. The van der Waals surface area contributed by atoms with Crippen molar-refractivity contribution in [1.82, 2.24) is 0 Å². The minimum absolute atomic E-state index is 0.227. The first kappa shape index (κ1) is 9.72. The van der Waals surface area contributed by atoms with Crippen molar-refractivity contribution in [3.8, 4) is 0 Å². The van der Waals surface area contributed by atoms with Crippen LogP contribution in [0.3, 0.4) is 0 Å². The molecule has 0 saturated heterocycles. The Morgan fingerprint density at radius 3 is 2.33 bits per heavy atom. The molecule has 0 aliphatic heterocycles. The van der Waals surface area contributed by atoms with E-state index in [0.29, 0.717) is 5.41 Å². The lowest BCUT2D eigenvalue weighted by Gasteiger charge is -2.33. The predicted octanol–water partition coefficient (Wildman–Crippen LogP) is 1.73. The van der Waals surface area contributed by atoms with Crippen molar-refractivity contribution in [3.63, 3.8) is 0 Å². The number of carbonyl (C=O) groups is 1. The Morgan fingerprint density at radius 1 is 1.42 bits per heavy atom. The van der Waals surface area contributed by atoms with Gasteiger partial charge in [-0.1, -0.05) is 13.8 Å². The summed E-state index contributed by atoms with van der Waals surface area (Å²) in [7, 11) is 0. The fourth-order valence-corrected chi connectivity index (χ4v) is 1.89. The normalized spacial score (nSPS) is 23.9. The van der Waals surface area contributed by atoms with Crippen LogP contribution >= 0.6 is 0 Å². The Kier molecular flexibility index (Phi) is 2.89. The van der Waals surface area contributed by atoms with E-state index in [-0.39, 0.29) is 18.2 Å². The summed E-state index contributed by atoms with van der Waals surface area (Å²) in [5.41, 5.74) is 5.77. The number of carbonyl (C=O) groups excluding carboxylic acids is 1. The van der Waals surface area contributed by atoms with Gasteiger partial charge in [0.2, 0.25) is 0 Å². The minimum atomic E-state index is 0.227. The van der Waals surface area contributed by atoms with Crippen molar-refractivity contribution in [2.24, 2.45) is 17.1 Å². The maximum atomic E-state index is 11.3. The summed E-state index contributed by atoms with van der Waals surface area (Å²) in [6.45, 7) is 4.78. The second-order valence-electron chi connectivity index (χ2n) is 4.61. The molecular formula is C10H19NO. The van der Waals surface area contributed by atoms with E-state index in [9.17, 15) is 4.79 Å². The summed E-state index contributed by atoms with van der Waals surface area (Å²) in [5.74, 6) is 0.522. The van der Waals surface area contributed by atoms with E-state index in [1.165, 1.54) is 12.8 Å². The zero-order chi connectivity index (χ0) is 9.19. The average molecular weight is 169 g/mol.